The van der Waals surface area contributed by atoms with E-state index >= 15 is 0 Å². The maximum Gasteiger partial charge on any atom is 0.0159 e. The van der Waals surface area contributed by atoms with Gasteiger partial charge in [-0.15, -0.1) is 0 Å². The third-order valence-electron chi connectivity index (χ3n) is 24.5. The highest BCUT2D eigenvalue weighted by molar-refractivity contribution is 6.27. The van der Waals surface area contributed by atoms with Gasteiger partial charge in [-0.05, 0) is 262 Å². The van der Waals surface area contributed by atoms with Crippen molar-refractivity contribution < 1.29 is 0 Å². The molecule has 0 fully saturated rings. The van der Waals surface area contributed by atoms with Crippen molar-refractivity contribution in [3.8, 4) is 111 Å². The molecule has 0 spiro atoms. The summed E-state index contributed by atoms with van der Waals surface area (Å²) in [7, 11) is 0. The minimum Gasteiger partial charge on any atom is -0.0619 e. The molecule has 0 saturated heterocycles. The average molecular weight is 1400 g/mol. The van der Waals surface area contributed by atoms with Gasteiger partial charge in [-0.1, -0.05) is 373 Å². The third kappa shape index (κ3) is 10.4. The van der Waals surface area contributed by atoms with E-state index in [0.717, 1.165) is 0 Å². The second kappa shape index (κ2) is 25.6. The highest BCUT2D eigenvalue weighted by Crippen LogP contribution is 2.54. The van der Waals surface area contributed by atoms with Crippen molar-refractivity contribution in [3.05, 3.63) is 411 Å². The molecule has 20 aromatic carbocycles. The summed E-state index contributed by atoms with van der Waals surface area (Å²) < 4.78 is 0. The lowest BCUT2D eigenvalue weighted by molar-refractivity contribution is 0.660. The summed E-state index contributed by atoms with van der Waals surface area (Å²) in [6.07, 6.45) is 0. The van der Waals surface area contributed by atoms with Crippen LogP contribution in [-0.2, 0) is 10.8 Å². The predicted octanol–water partition coefficient (Wildman–Crippen LogP) is 30.5. The molecule has 0 heteroatoms. The van der Waals surface area contributed by atoms with Crippen LogP contribution in [0.25, 0.3) is 197 Å². The van der Waals surface area contributed by atoms with Gasteiger partial charge in [-0.3, -0.25) is 0 Å². The minimum atomic E-state index is -0.0230. The number of benzene rings is 20. The van der Waals surface area contributed by atoms with Gasteiger partial charge >= 0.3 is 0 Å². The molecule has 0 bridgehead atoms. The highest BCUT2D eigenvalue weighted by atomic mass is 14.4. The SMILES string of the molecule is CC1(C)c2ccccc2-c2ccc(-c3ccc(-c4cc(-c5c6ccccc6c(-c6ccc7ccccc7c6)c6ccccc56)c5ccccc5c4)cc3)cc21.CC1(C)c2ccccc2-c2ccc(-c3ccc(-c4cc(-c5c6ccccc6c(-c6cccc7ccccc67)c6ccccc56)c5ccccc5c4)cc3)cc21. The number of hydrogen-bond acceptors (Lipinski definition) is 0. The zero-order chi connectivity index (χ0) is 73.3. The molecular formula is C110H76. The third-order valence-corrected chi connectivity index (χ3v) is 24.5. The van der Waals surface area contributed by atoms with Gasteiger partial charge in [-0.2, -0.15) is 0 Å². The minimum absolute atomic E-state index is 0.0224. The molecular weight excluding hydrogens is 1320 g/mol. The molecule has 110 heavy (non-hydrogen) atoms. The Bertz CT molecular complexity index is 7060. The van der Waals surface area contributed by atoms with Crippen molar-refractivity contribution >= 4 is 86.2 Å². The monoisotopic (exact) mass is 1400 g/mol. The molecule has 0 amide bonds. The molecule has 516 valence electrons. The lowest BCUT2D eigenvalue weighted by Crippen LogP contribution is -2.14. The summed E-state index contributed by atoms with van der Waals surface area (Å²) in [5, 5.41) is 20.2. The molecule has 2 aliphatic carbocycles. The topological polar surface area (TPSA) is 0 Å². The van der Waals surface area contributed by atoms with Gasteiger partial charge in [0.25, 0.3) is 0 Å². The van der Waals surface area contributed by atoms with Crippen molar-refractivity contribution in [1.29, 1.82) is 0 Å². The van der Waals surface area contributed by atoms with Crippen molar-refractivity contribution in [2.75, 3.05) is 0 Å². The van der Waals surface area contributed by atoms with Gasteiger partial charge in [0.1, 0.15) is 0 Å². The van der Waals surface area contributed by atoms with Gasteiger partial charge in [0.2, 0.25) is 0 Å². The van der Waals surface area contributed by atoms with Crippen LogP contribution in [0, 0.1) is 0 Å². The summed E-state index contributed by atoms with van der Waals surface area (Å²) in [6, 6.07) is 144. The number of hydrogen-bond donors (Lipinski definition) is 0. The molecule has 0 unspecified atom stereocenters. The molecule has 0 radical (unpaired) electrons. The van der Waals surface area contributed by atoms with Gasteiger partial charge in [0.15, 0.2) is 0 Å². The van der Waals surface area contributed by atoms with Crippen LogP contribution in [0.3, 0.4) is 0 Å². The van der Waals surface area contributed by atoms with Crippen LogP contribution >= 0.6 is 0 Å². The van der Waals surface area contributed by atoms with Gasteiger partial charge in [-0.25, -0.2) is 0 Å². The van der Waals surface area contributed by atoms with Crippen molar-refractivity contribution in [3.63, 3.8) is 0 Å². The Morgan fingerprint density at radius 1 is 0.136 bits per heavy atom. The summed E-state index contributed by atoms with van der Waals surface area (Å²) in [4.78, 5) is 0. The number of rotatable bonds is 8. The van der Waals surface area contributed by atoms with E-state index < -0.39 is 0 Å². The normalized spacial score (nSPS) is 13.1. The van der Waals surface area contributed by atoms with Crippen LogP contribution in [0.4, 0.5) is 0 Å². The zero-order valence-electron chi connectivity index (χ0n) is 62.0. The Hall–Kier alpha value is -13.5. The second-order valence-corrected chi connectivity index (χ2v) is 31.3. The van der Waals surface area contributed by atoms with E-state index in [9.17, 15) is 0 Å². The Kier molecular flexibility index (Phi) is 15.1. The Labute approximate surface area is 642 Å². The van der Waals surface area contributed by atoms with Gasteiger partial charge in [0, 0.05) is 10.8 Å². The summed E-state index contributed by atoms with van der Waals surface area (Å²) in [6.45, 7) is 9.41. The Morgan fingerprint density at radius 3 is 0.836 bits per heavy atom. The van der Waals surface area contributed by atoms with E-state index in [4.69, 9.17) is 0 Å². The predicted molar refractivity (Wildman–Crippen MR) is 472 cm³/mol. The van der Waals surface area contributed by atoms with E-state index in [2.05, 4.69) is 416 Å². The standard InChI is InChI=1S/2C55H38/c1-55(2)51-25-12-11-19-43(51)44-31-30-38(34-52(44)55)35-26-28-36(29-27-35)40-32-39-15-4-6-18-42(39)50(33-40)54-48-22-9-7-20-46(48)53(47-21-8-10-23-49(47)54)45-24-13-16-37-14-3-5-17-41(37)45;1-55(2)51-22-12-11-17-44(51)45-30-29-39(34-52(45)55)36-23-25-37(26-24-36)42-32-40-15-5-6-16-43(40)50(33-42)54-48-20-9-7-18-46(48)53(47-19-8-10-21-49(47)54)41-28-27-35-13-3-4-14-38(35)31-41/h2*3-34H,1-2H3. The first-order valence-electron chi connectivity index (χ1n) is 38.7. The first-order valence-corrected chi connectivity index (χ1v) is 38.7. The van der Waals surface area contributed by atoms with Crippen molar-refractivity contribution in [2.24, 2.45) is 0 Å². The van der Waals surface area contributed by atoms with Crippen molar-refractivity contribution in [2.45, 2.75) is 38.5 Å². The fourth-order valence-corrected chi connectivity index (χ4v) is 19.1. The largest absolute Gasteiger partial charge is 0.0619 e. The number of fused-ring (bicyclic) bond motifs is 14. The average Bonchev–Trinajstić information content (AvgIpc) is 1.24. The van der Waals surface area contributed by atoms with Crippen LogP contribution in [0.15, 0.2) is 388 Å². The smallest absolute Gasteiger partial charge is 0.0159 e. The molecule has 0 aliphatic heterocycles. The van der Waals surface area contributed by atoms with Crippen molar-refractivity contribution in [1.82, 2.24) is 0 Å². The summed E-state index contributed by atoms with van der Waals surface area (Å²) in [5.74, 6) is 0. The van der Waals surface area contributed by atoms with Crippen LogP contribution in [0.1, 0.15) is 49.9 Å². The molecule has 0 atom stereocenters. The summed E-state index contributed by atoms with van der Waals surface area (Å²) in [5.41, 5.74) is 31.1. The van der Waals surface area contributed by atoms with E-state index in [1.807, 2.05) is 0 Å². The molecule has 2 aliphatic rings. The van der Waals surface area contributed by atoms with Crippen LogP contribution in [0.5, 0.6) is 0 Å². The molecule has 0 N–H and O–H groups in total. The zero-order valence-corrected chi connectivity index (χ0v) is 62.0. The molecule has 20 aromatic rings. The first-order chi connectivity index (χ1) is 54.1. The first kappa shape index (κ1) is 64.8. The van der Waals surface area contributed by atoms with E-state index in [1.165, 1.54) is 220 Å². The fourth-order valence-electron chi connectivity index (χ4n) is 19.1. The molecule has 0 heterocycles. The van der Waals surface area contributed by atoms with E-state index in [-0.39, 0.29) is 10.8 Å². The van der Waals surface area contributed by atoms with Crippen LogP contribution < -0.4 is 0 Å². The quantitative estimate of drug-likeness (QED) is 0.133. The highest BCUT2D eigenvalue weighted by Gasteiger charge is 2.37. The lowest BCUT2D eigenvalue weighted by atomic mass is 9.81. The molecule has 22 rings (SSSR count). The van der Waals surface area contributed by atoms with Crippen LogP contribution in [0.2, 0.25) is 0 Å². The maximum absolute atomic E-state index is 2.43. The lowest BCUT2D eigenvalue weighted by Gasteiger charge is -2.22. The van der Waals surface area contributed by atoms with Gasteiger partial charge < -0.3 is 0 Å². The molecule has 0 aromatic heterocycles. The van der Waals surface area contributed by atoms with Gasteiger partial charge in [0.05, 0.1) is 0 Å². The maximum atomic E-state index is 2.43. The molecule has 0 nitrogen and oxygen atoms in total. The van der Waals surface area contributed by atoms with E-state index in [0.29, 0.717) is 0 Å². The van der Waals surface area contributed by atoms with E-state index in [1.54, 1.807) is 0 Å². The molecule has 0 saturated carbocycles. The summed E-state index contributed by atoms with van der Waals surface area (Å²) >= 11 is 0. The van der Waals surface area contributed by atoms with Crippen LogP contribution in [-0.4, -0.2) is 0 Å². The fraction of sp³-hybridized carbons (Fsp3) is 0.0545. The Morgan fingerprint density at radius 2 is 0.409 bits per heavy atom. The Balaban J connectivity index is 0.000000140. The second-order valence-electron chi connectivity index (χ2n) is 31.3.